The summed E-state index contributed by atoms with van der Waals surface area (Å²) in [6, 6.07) is 13.6. The van der Waals surface area contributed by atoms with Crippen LogP contribution in [-0.2, 0) is 0 Å². The Kier molecular flexibility index (Phi) is 2.48. The topological polar surface area (TPSA) is 46.3 Å². The van der Waals surface area contributed by atoms with Crippen LogP contribution >= 0.6 is 0 Å². The van der Waals surface area contributed by atoms with Crippen molar-refractivity contribution in [2.75, 3.05) is 0 Å². The van der Waals surface area contributed by atoms with Crippen molar-refractivity contribution >= 4 is 21.9 Å². The molecule has 0 spiro atoms. The first-order chi connectivity index (χ1) is 10.2. The van der Waals surface area contributed by atoms with Crippen LogP contribution in [0.15, 0.2) is 59.3 Å². The zero-order chi connectivity index (χ0) is 14.4. The third kappa shape index (κ3) is 1.78. The summed E-state index contributed by atoms with van der Waals surface area (Å²) in [6.45, 7) is 1.90. The number of fused-ring (bicyclic) bond motifs is 3. The highest BCUT2D eigenvalue weighted by Gasteiger charge is 2.10. The third-order valence-corrected chi connectivity index (χ3v) is 3.85. The predicted molar refractivity (Wildman–Crippen MR) is 83.4 cm³/mol. The van der Waals surface area contributed by atoms with E-state index in [-0.39, 0.29) is 0 Å². The van der Waals surface area contributed by atoms with E-state index < -0.39 is 0 Å². The van der Waals surface area contributed by atoms with E-state index >= 15 is 0 Å². The second kappa shape index (κ2) is 4.35. The van der Waals surface area contributed by atoms with Crippen LogP contribution in [0.1, 0.15) is 5.56 Å². The van der Waals surface area contributed by atoms with Gasteiger partial charge in [-0.1, -0.05) is 6.07 Å². The molecule has 0 saturated heterocycles. The van der Waals surface area contributed by atoms with Crippen molar-refractivity contribution in [3.05, 3.63) is 60.5 Å². The van der Waals surface area contributed by atoms with E-state index in [4.69, 9.17) is 4.42 Å². The Morgan fingerprint density at radius 3 is 2.76 bits per heavy atom. The van der Waals surface area contributed by atoms with Crippen LogP contribution in [-0.4, -0.2) is 10.1 Å². The van der Waals surface area contributed by atoms with Crippen molar-refractivity contribution in [2.24, 2.45) is 0 Å². The molecule has 2 heterocycles. The molecule has 3 heteroatoms. The summed E-state index contributed by atoms with van der Waals surface area (Å²) >= 11 is 0. The van der Waals surface area contributed by atoms with Gasteiger partial charge in [0.05, 0.1) is 11.8 Å². The number of phenols is 1. The number of aromatic hydroxyl groups is 1. The van der Waals surface area contributed by atoms with Gasteiger partial charge in [0, 0.05) is 17.0 Å². The molecule has 0 bridgehead atoms. The number of hydrogen-bond acceptors (Lipinski definition) is 3. The largest absolute Gasteiger partial charge is 0.508 e. The minimum Gasteiger partial charge on any atom is -0.508 e. The van der Waals surface area contributed by atoms with Gasteiger partial charge in [-0.05, 0) is 60.0 Å². The van der Waals surface area contributed by atoms with E-state index in [1.165, 1.54) is 0 Å². The molecule has 3 nitrogen and oxygen atoms in total. The van der Waals surface area contributed by atoms with Gasteiger partial charge in [-0.3, -0.25) is 4.98 Å². The van der Waals surface area contributed by atoms with Crippen LogP contribution in [0.4, 0.5) is 0 Å². The van der Waals surface area contributed by atoms with Crippen LogP contribution < -0.4 is 0 Å². The molecule has 0 amide bonds. The molecule has 21 heavy (non-hydrogen) atoms. The maximum absolute atomic E-state index is 9.69. The van der Waals surface area contributed by atoms with E-state index in [0.717, 1.165) is 38.6 Å². The molecule has 4 aromatic rings. The number of aromatic nitrogens is 1. The maximum Gasteiger partial charge on any atom is 0.136 e. The molecular weight excluding hydrogens is 262 g/mol. The van der Waals surface area contributed by atoms with E-state index in [0.29, 0.717) is 5.75 Å². The van der Waals surface area contributed by atoms with Gasteiger partial charge >= 0.3 is 0 Å². The van der Waals surface area contributed by atoms with E-state index in [1.807, 2.05) is 49.5 Å². The number of benzene rings is 2. The quantitative estimate of drug-likeness (QED) is 0.549. The molecule has 0 radical (unpaired) electrons. The maximum atomic E-state index is 9.69. The minimum absolute atomic E-state index is 0.314. The first-order valence-corrected chi connectivity index (χ1v) is 6.79. The molecular formula is C18H13NO2. The molecule has 0 fully saturated rings. The van der Waals surface area contributed by atoms with Crippen LogP contribution in [0.2, 0.25) is 0 Å². The fraction of sp³-hybridized carbons (Fsp3) is 0.0556. The summed E-state index contributed by atoms with van der Waals surface area (Å²) in [7, 11) is 0. The molecule has 0 saturated carbocycles. The average Bonchev–Trinajstić information content (AvgIpc) is 2.98. The van der Waals surface area contributed by atoms with Crippen molar-refractivity contribution in [3.8, 4) is 16.9 Å². The van der Waals surface area contributed by atoms with Gasteiger partial charge in [-0.15, -0.1) is 0 Å². The van der Waals surface area contributed by atoms with E-state index in [1.54, 1.807) is 12.3 Å². The van der Waals surface area contributed by atoms with Crippen LogP contribution in [0.5, 0.6) is 5.75 Å². The lowest BCUT2D eigenvalue weighted by molar-refractivity contribution is 0.471. The molecule has 4 rings (SSSR count). The summed E-state index contributed by atoms with van der Waals surface area (Å²) in [5.41, 5.74) is 4.81. The zero-order valence-corrected chi connectivity index (χ0v) is 11.5. The highest BCUT2D eigenvalue weighted by Crippen LogP contribution is 2.33. The lowest BCUT2D eigenvalue weighted by atomic mass is 9.98. The molecule has 1 N–H and O–H groups in total. The molecule has 2 aromatic carbocycles. The number of pyridine rings is 1. The lowest BCUT2D eigenvalue weighted by Gasteiger charge is -2.08. The molecule has 0 unspecified atom stereocenters. The number of phenolic OH excluding ortho intramolecular Hbond substituents is 1. The number of aryl methyl sites for hydroxylation is 1. The Morgan fingerprint density at radius 1 is 1.00 bits per heavy atom. The van der Waals surface area contributed by atoms with Crippen molar-refractivity contribution in [1.82, 2.24) is 4.98 Å². The fourth-order valence-electron chi connectivity index (χ4n) is 2.74. The second-order valence-electron chi connectivity index (χ2n) is 5.15. The van der Waals surface area contributed by atoms with Crippen molar-refractivity contribution in [3.63, 3.8) is 0 Å². The summed E-state index contributed by atoms with van der Waals surface area (Å²) in [6.07, 6.45) is 3.50. The van der Waals surface area contributed by atoms with Gasteiger partial charge < -0.3 is 9.52 Å². The summed E-state index contributed by atoms with van der Waals surface area (Å²) in [5, 5.41) is 11.8. The molecule has 102 valence electrons. The lowest BCUT2D eigenvalue weighted by Crippen LogP contribution is -1.86. The SMILES string of the molecule is Cc1cc(-c2ccnc3c2ccc2occc23)ccc1O. The van der Waals surface area contributed by atoms with Gasteiger partial charge in [0.2, 0.25) is 0 Å². The van der Waals surface area contributed by atoms with Crippen LogP contribution in [0.25, 0.3) is 33.0 Å². The van der Waals surface area contributed by atoms with Gasteiger partial charge in [0.25, 0.3) is 0 Å². The van der Waals surface area contributed by atoms with Gasteiger partial charge in [0.1, 0.15) is 11.3 Å². The average molecular weight is 275 g/mol. The Hall–Kier alpha value is -2.81. The molecule has 0 atom stereocenters. The molecule has 2 aromatic heterocycles. The summed E-state index contributed by atoms with van der Waals surface area (Å²) in [4.78, 5) is 4.50. The number of hydrogen-bond donors (Lipinski definition) is 1. The fourth-order valence-corrected chi connectivity index (χ4v) is 2.74. The van der Waals surface area contributed by atoms with Crippen molar-refractivity contribution in [1.29, 1.82) is 0 Å². The van der Waals surface area contributed by atoms with Crippen molar-refractivity contribution in [2.45, 2.75) is 6.92 Å². The van der Waals surface area contributed by atoms with Gasteiger partial charge in [-0.25, -0.2) is 0 Å². The van der Waals surface area contributed by atoms with E-state index in [9.17, 15) is 5.11 Å². The van der Waals surface area contributed by atoms with Crippen LogP contribution in [0, 0.1) is 6.92 Å². The van der Waals surface area contributed by atoms with Crippen molar-refractivity contribution < 1.29 is 9.52 Å². The first kappa shape index (κ1) is 12.0. The smallest absolute Gasteiger partial charge is 0.136 e. The normalized spacial score (nSPS) is 11.3. The van der Waals surface area contributed by atoms with E-state index in [2.05, 4.69) is 4.98 Å². The third-order valence-electron chi connectivity index (χ3n) is 3.85. The highest BCUT2D eigenvalue weighted by molar-refractivity contribution is 6.08. The Morgan fingerprint density at radius 2 is 1.90 bits per heavy atom. The number of rotatable bonds is 1. The minimum atomic E-state index is 0.314. The molecule has 0 aliphatic carbocycles. The highest BCUT2D eigenvalue weighted by atomic mass is 16.3. The molecule has 0 aliphatic rings. The molecule has 0 aliphatic heterocycles. The van der Waals surface area contributed by atoms with Crippen LogP contribution in [0.3, 0.4) is 0 Å². The Balaban J connectivity index is 2.06. The standard InChI is InChI=1S/C18H13NO2/c1-11-10-12(2-4-16(11)20)13-6-8-19-18-14(13)3-5-17-15(18)7-9-21-17/h2-10,20H,1H3. The predicted octanol–water partition coefficient (Wildman–Crippen LogP) is 4.66. The number of furan rings is 1. The Bertz CT molecular complexity index is 969. The second-order valence-corrected chi connectivity index (χ2v) is 5.15. The zero-order valence-electron chi connectivity index (χ0n) is 11.5. The number of nitrogens with zero attached hydrogens (tertiary/aromatic N) is 1. The summed E-state index contributed by atoms with van der Waals surface area (Å²) < 4.78 is 5.43. The summed E-state index contributed by atoms with van der Waals surface area (Å²) in [5.74, 6) is 0.314. The Labute approximate surface area is 121 Å². The monoisotopic (exact) mass is 275 g/mol. The van der Waals surface area contributed by atoms with Gasteiger partial charge in [-0.2, -0.15) is 0 Å². The van der Waals surface area contributed by atoms with Gasteiger partial charge in [0.15, 0.2) is 0 Å². The first-order valence-electron chi connectivity index (χ1n) is 6.79.